The van der Waals surface area contributed by atoms with E-state index in [0.29, 0.717) is 6.42 Å². The minimum atomic E-state index is 0.258. The Bertz CT molecular complexity index is 419. The number of likely N-dealkylation sites (tertiary alicyclic amines) is 1. The summed E-state index contributed by atoms with van der Waals surface area (Å²) in [6.07, 6.45) is 7.00. The molecule has 1 fully saturated rings. The summed E-state index contributed by atoms with van der Waals surface area (Å²) in [6.45, 7) is 6.26. The van der Waals surface area contributed by atoms with E-state index in [0.717, 1.165) is 30.9 Å². The first-order valence-electron chi connectivity index (χ1n) is 8.39. The summed E-state index contributed by atoms with van der Waals surface area (Å²) < 4.78 is 5.54. The van der Waals surface area contributed by atoms with Gasteiger partial charge in [-0.3, -0.25) is 4.79 Å². The summed E-state index contributed by atoms with van der Waals surface area (Å²) in [7, 11) is 0. The number of ketones is 1. The van der Waals surface area contributed by atoms with Gasteiger partial charge >= 0.3 is 0 Å². The zero-order valence-corrected chi connectivity index (χ0v) is 13.2. The van der Waals surface area contributed by atoms with E-state index in [4.69, 9.17) is 4.74 Å². The average molecular weight is 290 g/mol. The van der Waals surface area contributed by atoms with Gasteiger partial charge in [0.1, 0.15) is 5.75 Å². The molecule has 0 bridgehead atoms. The quantitative estimate of drug-likeness (QED) is 0.782. The first-order valence-corrected chi connectivity index (χ1v) is 8.39. The number of quaternary nitrogens is 1. The molecule has 0 spiro atoms. The maximum Gasteiger partial charge on any atom is 0.168 e. The Morgan fingerprint density at radius 2 is 1.76 bits per heavy atom. The van der Waals surface area contributed by atoms with E-state index >= 15 is 0 Å². The van der Waals surface area contributed by atoms with Crippen LogP contribution < -0.4 is 9.64 Å². The van der Waals surface area contributed by atoms with Gasteiger partial charge in [-0.05, 0) is 56.4 Å². The molecule has 0 radical (unpaired) electrons. The van der Waals surface area contributed by atoms with Gasteiger partial charge in [0.25, 0.3) is 0 Å². The fourth-order valence-electron chi connectivity index (χ4n) is 2.87. The van der Waals surface area contributed by atoms with Gasteiger partial charge in [-0.15, -0.1) is 0 Å². The number of hydrogen-bond donors (Lipinski definition) is 1. The zero-order valence-electron chi connectivity index (χ0n) is 13.2. The van der Waals surface area contributed by atoms with Gasteiger partial charge in [-0.2, -0.15) is 0 Å². The van der Waals surface area contributed by atoms with Crippen molar-refractivity contribution in [1.29, 1.82) is 0 Å². The summed E-state index contributed by atoms with van der Waals surface area (Å²) in [5.74, 6) is 1.11. The van der Waals surface area contributed by atoms with Crippen LogP contribution in [0, 0.1) is 0 Å². The van der Waals surface area contributed by atoms with E-state index < -0.39 is 0 Å². The molecule has 1 saturated heterocycles. The molecule has 1 aromatic carbocycles. The molecule has 3 heteroatoms. The van der Waals surface area contributed by atoms with Crippen LogP contribution >= 0.6 is 0 Å². The second-order valence-corrected chi connectivity index (χ2v) is 5.96. The van der Waals surface area contributed by atoms with Gasteiger partial charge in [0.05, 0.1) is 32.7 Å². The van der Waals surface area contributed by atoms with Gasteiger partial charge in [0, 0.05) is 5.56 Å². The van der Waals surface area contributed by atoms with E-state index in [9.17, 15) is 4.79 Å². The molecule has 0 amide bonds. The van der Waals surface area contributed by atoms with Crippen molar-refractivity contribution in [2.75, 3.05) is 26.2 Å². The molecule has 0 saturated carbocycles. The van der Waals surface area contributed by atoms with Crippen molar-refractivity contribution in [3.63, 3.8) is 0 Å². The molecule has 0 aromatic heterocycles. The lowest BCUT2D eigenvalue weighted by molar-refractivity contribution is -0.898. The van der Waals surface area contributed by atoms with Gasteiger partial charge < -0.3 is 9.64 Å². The molecular weight excluding hydrogens is 262 g/mol. The normalized spacial score (nSPS) is 16.4. The van der Waals surface area contributed by atoms with Crippen LogP contribution in [-0.2, 0) is 0 Å². The molecule has 1 aliphatic heterocycles. The first kappa shape index (κ1) is 16.0. The maximum absolute atomic E-state index is 12.2. The topological polar surface area (TPSA) is 30.7 Å². The number of hydrogen-bond acceptors (Lipinski definition) is 2. The molecule has 116 valence electrons. The predicted molar refractivity (Wildman–Crippen MR) is 85.2 cm³/mol. The van der Waals surface area contributed by atoms with Crippen LogP contribution in [0.15, 0.2) is 24.3 Å². The zero-order chi connectivity index (χ0) is 14.9. The number of carbonyl (C=O) groups excluding carboxylic acids is 1. The highest BCUT2D eigenvalue weighted by Crippen LogP contribution is 2.13. The molecule has 3 nitrogen and oxygen atoms in total. The Labute approximate surface area is 128 Å². The maximum atomic E-state index is 12.2. The number of benzene rings is 1. The Hall–Kier alpha value is -1.35. The molecule has 21 heavy (non-hydrogen) atoms. The summed E-state index contributed by atoms with van der Waals surface area (Å²) in [5, 5.41) is 0. The van der Waals surface area contributed by atoms with Crippen LogP contribution in [0.3, 0.4) is 0 Å². The molecule has 2 rings (SSSR count). The molecule has 1 aromatic rings. The van der Waals surface area contributed by atoms with Crippen LogP contribution in [0.4, 0.5) is 0 Å². The SMILES string of the molecule is CCCOc1ccc(C(=O)CC[NH+]2CCCCCC2)cc1. The van der Waals surface area contributed by atoms with E-state index in [-0.39, 0.29) is 5.78 Å². The van der Waals surface area contributed by atoms with Crippen molar-refractivity contribution in [3.05, 3.63) is 29.8 Å². The third kappa shape index (κ3) is 5.50. The van der Waals surface area contributed by atoms with Crippen LogP contribution in [0.25, 0.3) is 0 Å². The highest BCUT2D eigenvalue weighted by Gasteiger charge is 2.14. The van der Waals surface area contributed by atoms with Crippen molar-refractivity contribution < 1.29 is 14.4 Å². The predicted octanol–water partition coefficient (Wildman–Crippen LogP) is 2.51. The van der Waals surface area contributed by atoms with Crippen LogP contribution in [0.2, 0.25) is 0 Å². The molecular formula is C18H28NO2+. The lowest BCUT2D eigenvalue weighted by Crippen LogP contribution is -3.11. The molecule has 1 heterocycles. The largest absolute Gasteiger partial charge is 0.494 e. The van der Waals surface area contributed by atoms with Crippen molar-refractivity contribution in [1.82, 2.24) is 0 Å². The Balaban J connectivity index is 1.79. The van der Waals surface area contributed by atoms with E-state index in [1.165, 1.54) is 38.8 Å². The first-order chi connectivity index (χ1) is 10.3. The molecule has 1 aliphatic rings. The number of Topliss-reactive ketones (excluding diaryl/α,β-unsaturated/α-hetero) is 1. The molecule has 0 aliphatic carbocycles. The second kappa shape index (κ2) is 8.83. The number of rotatable bonds is 7. The van der Waals surface area contributed by atoms with Crippen molar-refractivity contribution in [3.8, 4) is 5.75 Å². The lowest BCUT2D eigenvalue weighted by Gasteiger charge is -2.16. The fraction of sp³-hybridized carbons (Fsp3) is 0.611. The Morgan fingerprint density at radius 3 is 2.38 bits per heavy atom. The van der Waals surface area contributed by atoms with Crippen LogP contribution in [0.5, 0.6) is 5.75 Å². The molecule has 0 atom stereocenters. The van der Waals surface area contributed by atoms with Crippen LogP contribution in [-0.4, -0.2) is 32.0 Å². The van der Waals surface area contributed by atoms with E-state index in [1.807, 2.05) is 24.3 Å². The smallest absolute Gasteiger partial charge is 0.168 e. The number of ether oxygens (including phenoxy) is 1. The highest BCUT2D eigenvalue weighted by atomic mass is 16.5. The molecule has 1 N–H and O–H groups in total. The van der Waals surface area contributed by atoms with Crippen molar-refractivity contribution in [2.45, 2.75) is 45.4 Å². The molecule has 0 unspecified atom stereocenters. The minimum absolute atomic E-state index is 0.258. The van der Waals surface area contributed by atoms with Gasteiger partial charge in [-0.1, -0.05) is 6.92 Å². The minimum Gasteiger partial charge on any atom is -0.494 e. The van der Waals surface area contributed by atoms with Gasteiger partial charge in [-0.25, -0.2) is 0 Å². The fourth-order valence-corrected chi connectivity index (χ4v) is 2.87. The third-order valence-corrected chi connectivity index (χ3v) is 4.17. The summed E-state index contributed by atoms with van der Waals surface area (Å²) in [6, 6.07) is 7.60. The van der Waals surface area contributed by atoms with E-state index in [2.05, 4.69) is 6.92 Å². The number of nitrogens with one attached hydrogen (secondary N) is 1. The summed E-state index contributed by atoms with van der Waals surface area (Å²) in [4.78, 5) is 13.8. The standard InChI is InChI=1S/C18H27NO2/c1-2-15-21-17-9-7-16(8-10-17)18(20)11-14-19-12-5-3-4-6-13-19/h7-10H,2-6,11-15H2,1H3/p+1. The Morgan fingerprint density at radius 1 is 1.10 bits per heavy atom. The summed E-state index contributed by atoms with van der Waals surface area (Å²) >= 11 is 0. The summed E-state index contributed by atoms with van der Waals surface area (Å²) in [5.41, 5.74) is 0.813. The van der Waals surface area contributed by atoms with Crippen molar-refractivity contribution in [2.24, 2.45) is 0 Å². The number of carbonyl (C=O) groups is 1. The van der Waals surface area contributed by atoms with Crippen LogP contribution in [0.1, 0.15) is 55.8 Å². The van der Waals surface area contributed by atoms with Gasteiger partial charge in [0.2, 0.25) is 0 Å². The third-order valence-electron chi connectivity index (χ3n) is 4.17. The average Bonchev–Trinajstić information content (AvgIpc) is 2.80. The monoisotopic (exact) mass is 290 g/mol. The highest BCUT2D eigenvalue weighted by molar-refractivity contribution is 5.96. The van der Waals surface area contributed by atoms with E-state index in [1.54, 1.807) is 4.90 Å². The second-order valence-electron chi connectivity index (χ2n) is 5.96. The van der Waals surface area contributed by atoms with Gasteiger partial charge in [0.15, 0.2) is 5.78 Å². The Kier molecular flexibility index (Phi) is 6.74. The van der Waals surface area contributed by atoms with Crippen molar-refractivity contribution >= 4 is 5.78 Å². The lowest BCUT2D eigenvalue weighted by atomic mass is 10.1.